The summed E-state index contributed by atoms with van der Waals surface area (Å²) in [5, 5.41) is 13.7. The van der Waals surface area contributed by atoms with E-state index in [0.29, 0.717) is 6.54 Å². The molecule has 146 valence electrons. The molecular formula is C21H25N5OS. The molecule has 7 heteroatoms. The van der Waals surface area contributed by atoms with E-state index >= 15 is 0 Å². The van der Waals surface area contributed by atoms with Gasteiger partial charge in [0, 0.05) is 30.2 Å². The van der Waals surface area contributed by atoms with Gasteiger partial charge in [0.1, 0.15) is 0 Å². The molecule has 4 rings (SSSR count). The number of hydrogen-bond acceptors (Lipinski definition) is 5. The summed E-state index contributed by atoms with van der Waals surface area (Å²) in [4.78, 5) is 15.0. The highest BCUT2D eigenvalue weighted by molar-refractivity contribution is 7.17. The number of benzene rings is 1. The number of aryl methyl sites for hydroxylation is 3. The molecule has 1 atom stereocenters. The van der Waals surface area contributed by atoms with Crippen molar-refractivity contribution < 1.29 is 4.79 Å². The van der Waals surface area contributed by atoms with Crippen LogP contribution in [0.15, 0.2) is 36.4 Å². The lowest BCUT2D eigenvalue weighted by Gasteiger charge is -2.31. The molecule has 1 amide bonds. The van der Waals surface area contributed by atoms with Crippen LogP contribution in [-0.4, -0.2) is 33.8 Å². The Kier molecular flexibility index (Phi) is 5.17. The molecule has 1 unspecified atom stereocenters. The van der Waals surface area contributed by atoms with Crippen molar-refractivity contribution in [2.75, 3.05) is 23.3 Å². The third kappa shape index (κ3) is 3.67. The topological polar surface area (TPSA) is 63.1 Å². The number of para-hydroxylation sites is 1. The third-order valence-corrected chi connectivity index (χ3v) is 6.30. The smallest absolute Gasteiger partial charge is 0.229 e. The Balaban J connectivity index is 1.47. The summed E-state index contributed by atoms with van der Waals surface area (Å²) in [6, 6.07) is 12.1. The summed E-state index contributed by atoms with van der Waals surface area (Å²) < 4.78 is 2.12. The molecule has 0 bridgehead atoms. The first-order valence-electron chi connectivity index (χ1n) is 9.63. The average Bonchev–Trinajstić information content (AvgIpc) is 3.30. The Hall–Kier alpha value is -2.67. The maximum absolute atomic E-state index is 12.8. The van der Waals surface area contributed by atoms with Crippen LogP contribution in [0, 0.1) is 26.7 Å². The van der Waals surface area contributed by atoms with Crippen molar-refractivity contribution in [3.05, 3.63) is 53.3 Å². The zero-order valence-corrected chi connectivity index (χ0v) is 17.3. The second-order valence-corrected chi connectivity index (χ2v) is 8.34. The van der Waals surface area contributed by atoms with Gasteiger partial charge in [-0.2, -0.15) is 0 Å². The van der Waals surface area contributed by atoms with E-state index in [-0.39, 0.29) is 11.8 Å². The van der Waals surface area contributed by atoms with Gasteiger partial charge in [-0.25, -0.2) is 0 Å². The molecule has 3 heterocycles. The van der Waals surface area contributed by atoms with Crippen molar-refractivity contribution >= 4 is 28.1 Å². The standard InChI is InChI=1S/C21H25N5OS/c1-14-7-4-5-9-18(14)22-19(27)17-8-6-12-25(13-17)20-23-24-21(28-20)26-15(2)10-11-16(26)3/h4-5,7,9-11,17H,6,8,12-13H2,1-3H3,(H,22,27). The molecular weight excluding hydrogens is 370 g/mol. The van der Waals surface area contributed by atoms with E-state index in [4.69, 9.17) is 0 Å². The molecule has 1 aromatic carbocycles. The minimum absolute atomic E-state index is 0.0456. The largest absolute Gasteiger partial charge is 0.346 e. The van der Waals surface area contributed by atoms with Crippen molar-refractivity contribution in [1.29, 1.82) is 0 Å². The predicted octanol–water partition coefficient (Wildman–Crippen LogP) is 4.11. The van der Waals surface area contributed by atoms with Gasteiger partial charge >= 0.3 is 0 Å². The summed E-state index contributed by atoms with van der Waals surface area (Å²) in [5.74, 6) is 0.0385. The Bertz CT molecular complexity index is 973. The molecule has 6 nitrogen and oxygen atoms in total. The fraction of sp³-hybridized carbons (Fsp3) is 0.381. The highest BCUT2D eigenvalue weighted by atomic mass is 32.1. The highest BCUT2D eigenvalue weighted by Gasteiger charge is 2.28. The number of aromatic nitrogens is 3. The summed E-state index contributed by atoms with van der Waals surface area (Å²) >= 11 is 1.58. The van der Waals surface area contributed by atoms with Crippen LogP contribution in [0.3, 0.4) is 0 Å². The van der Waals surface area contributed by atoms with Crippen LogP contribution in [0.4, 0.5) is 10.8 Å². The zero-order valence-electron chi connectivity index (χ0n) is 16.5. The fourth-order valence-electron chi connectivity index (χ4n) is 3.71. The number of anilines is 2. The highest BCUT2D eigenvalue weighted by Crippen LogP contribution is 2.29. The number of carbonyl (C=O) groups is 1. The summed E-state index contributed by atoms with van der Waals surface area (Å²) in [5.41, 5.74) is 4.26. The zero-order chi connectivity index (χ0) is 19.7. The van der Waals surface area contributed by atoms with Crippen molar-refractivity contribution in [3.63, 3.8) is 0 Å². The molecule has 28 heavy (non-hydrogen) atoms. The van der Waals surface area contributed by atoms with Crippen LogP contribution in [0.1, 0.15) is 29.8 Å². The predicted molar refractivity (Wildman–Crippen MR) is 113 cm³/mol. The maximum atomic E-state index is 12.8. The Morgan fingerprint density at radius 3 is 2.54 bits per heavy atom. The summed E-state index contributed by atoms with van der Waals surface area (Å²) in [7, 11) is 0. The number of hydrogen-bond donors (Lipinski definition) is 1. The van der Waals surface area contributed by atoms with E-state index in [1.54, 1.807) is 11.3 Å². The fourth-order valence-corrected chi connectivity index (χ4v) is 4.71. The van der Waals surface area contributed by atoms with Gasteiger partial charge in [-0.15, -0.1) is 10.2 Å². The number of nitrogens with one attached hydrogen (secondary N) is 1. The van der Waals surface area contributed by atoms with Gasteiger partial charge < -0.3 is 10.2 Å². The lowest BCUT2D eigenvalue weighted by Crippen LogP contribution is -2.40. The molecule has 1 fully saturated rings. The number of amides is 1. The van der Waals surface area contributed by atoms with E-state index in [0.717, 1.165) is 52.3 Å². The van der Waals surface area contributed by atoms with E-state index in [2.05, 4.69) is 51.0 Å². The van der Waals surface area contributed by atoms with Crippen molar-refractivity contribution in [2.24, 2.45) is 5.92 Å². The van der Waals surface area contributed by atoms with Crippen LogP contribution in [-0.2, 0) is 4.79 Å². The SMILES string of the molecule is Cc1ccccc1NC(=O)C1CCCN(c2nnc(-n3c(C)ccc3C)s2)C1. The van der Waals surface area contributed by atoms with E-state index in [9.17, 15) is 4.79 Å². The second kappa shape index (κ2) is 7.75. The van der Waals surface area contributed by atoms with Crippen LogP contribution < -0.4 is 10.2 Å². The second-order valence-electron chi connectivity index (χ2n) is 7.41. The van der Waals surface area contributed by atoms with Gasteiger partial charge in [0.05, 0.1) is 5.92 Å². The molecule has 1 N–H and O–H groups in total. The number of carbonyl (C=O) groups excluding carboxylic acids is 1. The maximum Gasteiger partial charge on any atom is 0.229 e. The van der Waals surface area contributed by atoms with Crippen LogP contribution in [0.2, 0.25) is 0 Å². The average molecular weight is 396 g/mol. The monoisotopic (exact) mass is 395 g/mol. The third-order valence-electron chi connectivity index (χ3n) is 5.33. The van der Waals surface area contributed by atoms with Crippen molar-refractivity contribution in [3.8, 4) is 5.13 Å². The van der Waals surface area contributed by atoms with Gasteiger partial charge in [-0.1, -0.05) is 29.5 Å². The Labute approximate surface area is 169 Å². The van der Waals surface area contributed by atoms with E-state index in [1.807, 2.05) is 31.2 Å². The summed E-state index contributed by atoms with van der Waals surface area (Å²) in [6.45, 7) is 7.74. The van der Waals surface area contributed by atoms with Crippen LogP contribution in [0.5, 0.6) is 0 Å². The minimum Gasteiger partial charge on any atom is -0.346 e. The molecule has 1 aliphatic heterocycles. The van der Waals surface area contributed by atoms with Gasteiger partial charge in [0.2, 0.25) is 16.2 Å². The molecule has 1 saturated heterocycles. The van der Waals surface area contributed by atoms with Crippen molar-refractivity contribution in [1.82, 2.24) is 14.8 Å². The van der Waals surface area contributed by atoms with Crippen LogP contribution in [0.25, 0.3) is 5.13 Å². The van der Waals surface area contributed by atoms with Gasteiger partial charge in [0.15, 0.2) is 0 Å². The Morgan fingerprint density at radius 1 is 1.07 bits per heavy atom. The number of nitrogens with zero attached hydrogens (tertiary/aromatic N) is 4. The van der Waals surface area contributed by atoms with Gasteiger partial charge in [0.25, 0.3) is 0 Å². The molecule has 0 saturated carbocycles. The lowest BCUT2D eigenvalue weighted by atomic mass is 9.97. The number of piperidine rings is 1. The molecule has 0 radical (unpaired) electrons. The van der Waals surface area contributed by atoms with Gasteiger partial charge in [-0.05, 0) is 57.4 Å². The first kappa shape index (κ1) is 18.7. The molecule has 0 spiro atoms. The van der Waals surface area contributed by atoms with Gasteiger partial charge in [-0.3, -0.25) is 9.36 Å². The number of rotatable bonds is 4. The lowest BCUT2D eigenvalue weighted by molar-refractivity contribution is -0.120. The Morgan fingerprint density at radius 2 is 1.79 bits per heavy atom. The minimum atomic E-state index is -0.0456. The first-order valence-corrected chi connectivity index (χ1v) is 10.4. The quantitative estimate of drug-likeness (QED) is 0.722. The van der Waals surface area contributed by atoms with Crippen molar-refractivity contribution in [2.45, 2.75) is 33.6 Å². The first-order chi connectivity index (χ1) is 13.5. The van der Waals surface area contributed by atoms with E-state index in [1.165, 1.54) is 0 Å². The van der Waals surface area contributed by atoms with Crippen LogP contribution >= 0.6 is 11.3 Å². The normalized spacial score (nSPS) is 17.0. The molecule has 1 aliphatic rings. The summed E-state index contributed by atoms with van der Waals surface area (Å²) in [6.07, 6.45) is 1.87. The molecule has 2 aromatic heterocycles. The van der Waals surface area contributed by atoms with E-state index < -0.39 is 0 Å². The molecule has 3 aromatic rings. The molecule has 0 aliphatic carbocycles.